The van der Waals surface area contributed by atoms with Crippen molar-refractivity contribution in [3.63, 3.8) is 0 Å². The molecule has 0 radical (unpaired) electrons. The first-order valence-electron chi connectivity index (χ1n) is 5.77. The van der Waals surface area contributed by atoms with Gasteiger partial charge in [-0.2, -0.15) is 0 Å². The standard InChI is InChI=1S/C14H14ClNO2S/c1-9-3-5-11(19-9)8-16-13-7-10(14(17)18-2)4-6-12(13)15/h3-7,16H,8H2,1-2H3. The number of ether oxygens (including phenoxy) is 1. The maximum absolute atomic E-state index is 11.5. The number of carbonyl (C=O) groups excluding carboxylic acids is 1. The van der Waals surface area contributed by atoms with Crippen LogP contribution in [0.15, 0.2) is 30.3 Å². The van der Waals surface area contributed by atoms with Gasteiger partial charge < -0.3 is 10.1 Å². The number of thiophene rings is 1. The summed E-state index contributed by atoms with van der Waals surface area (Å²) in [6.07, 6.45) is 0. The van der Waals surface area contributed by atoms with Gasteiger partial charge >= 0.3 is 5.97 Å². The van der Waals surface area contributed by atoms with Gasteiger partial charge in [-0.05, 0) is 37.3 Å². The zero-order valence-electron chi connectivity index (χ0n) is 10.7. The summed E-state index contributed by atoms with van der Waals surface area (Å²) in [5.41, 5.74) is 1.22. The Kier molecular flexibility index (Phi) is 4.45. The van der Waals surface area contributed by atoms with Crippen molar-refractivity contribution in [2.45, 2.75) is 13.5 Å². The maximum atomic E-state index is 11.5. The Morgan fingerprint density at radius 1 is 1.37 bits per heavy atom. The minimum atomic E-state index is -0.369. The van der Waals surface area contributed by atoms with E-state index in [-0.39, 0.29) is 5.97 Å². The third kappa shape index (κ3) is 3.49. The second kappa shape index (κ2) is 6.08. The molecule has 0 amide bonds. The summed E-state index contributed by atoms with van der Waals surface area (Å²) in [5, 5.41) is 3.82. The molecular weight excluding hydrogens is 282 g/mol. The van der Waals surface area contributed by atoms with Gasteiger partial charge in [0.2, 0.25) is 0 Å². The van der Waals surface area contributed by atoms with E-state index in [1.807, 2.05) is 0 Å². The van der Waals surface area contributed by atoms with Crippen LogP contribution in [-0.4, -0.2) is 13.1 Å². The van der Waals surface area contributed by atoms with E-state index in [0.717, 1.165) is 5.69 Å². The lowest BCUT2D eigenvalue weighted by Gasteiger charge is -2.09. The number of hydrogen-bond acceptors (Lipinski definition) is 4. The maximum Gasteiger partial charge on any atom is 0.337 e. The first-order valence-corrected chi connectivity index (χ1v) is 6.96. The van der Waals surface area contributed by atoms with Crippen molar-refractivity contribution in [1.82, 2.24) is 0 Å². The van der Waals surface area contributed by atoms with Crippen molar-refractivity contribution >= 4 is 34.6 Å². The van der Waals surface area contributed by atoms with Gasteiger partial charge in [-0.1, -0.05) is 11.6 Å². The summed E-state index contributed by atoms with van der Waals surface area (Å²) in [5.74, 6) is -0.369. The van der Waals surface area contributed by atoms with Crippen LogP contribution in [0.3, 0.4) is 0 Å². The summed E-state index contributed by atoms with van der Waals surface area (Å²) in [6, 6.07) is 9.19. The second-order valence-electron chi connectivity index (χ2n) is 4.05. The van der Waals surface area contributed by atoms with Gasteiger partial charge in [-0.25, -0.2) is 4.79 Å². The van der Waals surface area contributed by atoms with Crippen molar-refractivity contribution < 1.29 is 9.53 Å². The number of nitrogens with one attached hydrogen (secondary N) is 1. The van der Waals surface area contributed by atoms with E-state index in [2.05, 4.69) is 29.1 Å². The summed E-state index contributed by atoms with van der Waals surface area (Å²) < 4.78 is 4.69. The topological polar surface area (TPSA) is 38.3 Å². The van der Waals surface area contributed by atoms with E-state index in [9.17, 15) is 4.79 Å². The highest BCUT2D eigenvalue weighted by Gasteiger charge is 2.09. The Hall–Kier alpha value is -1.52. The fraction of sp³-hybridized carbons (Fsp3) is 0.214. The van der Waals surface area contributed by atoms with Crippen LogP contribution in [-0.2, 0) is 11.3 Å². The van der Waals surface area contributed by atoms with Crippen molar-refractivity contribution in [2.75, 3.05) is 12.4 Å². The van der Waals surface area contributed by atoms with Crippen molar-refractivity contribution in [3.05, 3.63) is 50.7 Å². The van der Waals surface area contributed by atoms with Gasteiger partial charge in [0.05, 0.1) is 23.4 Å². The Labute approximate surface area is 121 Å². The fourth-order valence-electron chi connectivity index (χ4n) is 1.67. The van der Waals surface area contributed by atoms with Crippen molar-refractivity contribution in [3.8, 4) is 0 Å². The van der Waals surface area contributed by atoms with E-state index in [0.29, 0.717) is 17.1 Å². The minimum absolute atomic E-state index is 0.369. The molecule has 0 saturated heterocycles. The molecule has 0 saturated carbocycles. The van der Waals surface area contributed by atoms with Crippen molar-refractivity contribution in [2.24, 2.45) is 0 Å². The molecular formula is C14H14ClNO2S. The first kappa shape index (κ1) is 13.9. The number of aryl methyl sites for hydroxylation is 1. The number of anilines is 1. The molecule has 1 heterocycles. The smallest absolute Gasteiger partial charge is 0.337 e. The molecule has 1 aromatic heterocycles. The molecule has 5 heteroatoms. The average molecular weight is 296 g/mol. The largest absolute Gasteiger partial charge is 0.465 e. The van der Waals surface area contributed by atoms with E-state index in [1.165, 1.54) is 16.9 Å². The number of halogens is 1. The highest BCUT2D eigenvalue weighted by atomic mass is 35.5. The van der Waals surface area contributed by atoms with Crippen LogP contribution in [0.25, 0.3) is 0 Å². The predicted molar refractivity (Wildman–Crippen MR) is 79.2 cm³/mol. The Morgan fingerprint density at radius 2 is 2.16 bits per heavy atom. The van der Waals surface area contributed by atoms with E-state index in [1.54, 1.807) is 29.5 Å². The molecule has 0 aliphatic rings. The van der Waals surface area contributed by atoms with Crippen LogP contribution in [0.1, 0.15) is 20.1 Å². The summed E-state index contributed by atoms with van der Waals surface area (Å²) >= 11 is 7.83. The molecule has 0 spiro atoms. The zero-order chi connectivity index (χ0) is 13.8. The highest BCUT2D eigenvalue weighted by molar-refractivity contribution is 7.11. The molecule has 2 aromatic rings. The molecule has 0 fully saturated rings. The van der Waals surface area contributed by atoms with Crippen LogP contribution >= 0.6 is 22.9 Å². The Bertz CT molecular complexity index is 595. The minimum Gasteiger partial charge on any atom is -0.465 e. The number of hydrogen-bond donors (Lipinski definition) is 1. The number of rotatable bonds is 4. The van der Waals surface area contributed by atoms with Gasteiger partial charge in [0, 0.05) is 16.3 Å². The molecule has 2 rings (SSSR count). The van der Waals surface area contributed by atoms with Crippen molar-refractivity contribution in [1.29, 1.82) is 0 Å². The van der Waals surface area contributed by atoms with E-state index < -0.39 is 0 Å². The Balaban J connectivity index is 2.12. The van der Waals surface area contributed by atoms with E-state index in [4.69, 9.17) is 11.6 Å². The SMILES string of the molecule is COC(=O)c1ccc(Cl)c(NCc2ccc(C)s2)c1. The zero-order valence-corrected chi connectivity index (χ0v) is 12.3. The van der Waals surface area contributed by atoms with Crippen LogP contribution < -0.4 is 5.32 Å². The molecule has 0 atom stereocenters. The molecule has 0 aliphatic heterocycles. The third-order valence-corrected chi connectivity index (χ3v) is 3.97. The summed E-state index contributed by atoms with van der Waals surface area (Å²) in [4.78, 5) is 14.0. The van der Waals surface area contributed by atoms with Gasteiger partial charge in [0.1, 0.15) is 0 Å². The molecule has 1 N–H and O–H groups in total. The van der Waals surface area contributed by atoms with Gasteiger partial charge in [0.15, 0.2) is 0 Å². The van der Waals surface area contributed by atoms with Crippen LogP contribution in [0.5, 0.6) is 0 Å². The molecule has 1 aromatic carbocycles. The lowest BCUT2D eigenvalue weighted by molar-refractivity contribution is 0.0601. The lowest BCUT2D eigenvalue weighted by atomic mass is 10.2. The predicted octanol–water partition coefficient (Wildman–Crippen LogP) is 4.11. The number of methoxy groups -OCH3 is 1. The molecule has 100 valence electrons. The fourth-order valence-corrected chi connectivity index (χ4v) is 2.68. The summed E-state index contributed by atoms with van der Waals surface area (Å²) in [7, 11) is 1.36. The first-order chi connectivity index (χ1) is 9.10. The lowest BCUT2D eigenvalue weighted by Crippen LogP contribution is -2.04. The molecule has 0 unspecified atom stereocenters. The number of benzene rings is 1. The molecule has 19 heavy (non-hydrogen) atoms. The third-order valence-electron chi connectivity index (χ3n) is 2.64. The van der Waals surface area contributed by atoms with Gasteiger partial charge in [-0.15, -0.1) is 11.3 Å². The normalized spacial score (nSPS) is 10.3. The summed E-state index contributed by atoms with van der Waals surface area (Å²) in [6.45, 7) is 2.75. The van der Waals surface area contributed by atoms with E-state index >= 15 is 0 Å². The van der Waals surface area contributed by atoms with Gasteiger partial charge in [0.25, 0.3) is 0 Å². The second-order valence-corrected chi connectivity index (χ2v) is 5.83. The van der Waals surface area contributed by atoms with Crippen LogP contribution in [0, 0.1) is 6.92 Å². The quantitative estimate of drug-likeness (QED) is 0.863. The molecule has 3 nitrogen and oxygen atoms in total. The molecule has 0 bridgehead atoms. The van der Waals surface area contributed by atoms with Crippen LogP contribution in [0.4, 0.5) is 5.69 Å². The molecule has 0 aliphatic carbocycles. The van der Waals surface area contributed by atoms with Gasteiger partial charge in [-0.3, -0.25) is 0 Å². The Morgan fingerprint density at radius 3 is 2.79 bits per heavy atom. The van der Waals surface area contributed by atoms with Crippen LogP contribution in [0.2, 0.25) is 5.02 Å². The number of carbonyl (C=O) groups is 1. The monoisotopic (exact) mass is 295 g/mol. The number of esters is 1. The average Bonchev–Trinajstić information content (AvgIpc) is 2.82. The highest BCUT2D eigenvalue weighted by Crippen LogP contribution is 2.25.